The van der Waals surface area contributed by atoms with Gasteiger partial charge in [0.1, 0.15) is 5.75 Å². The van der Waals surface area contributed by atoms with Gasteiger partial charge in [0.15, 0.2) is 11.5 Å². The largest absolute Gasteiger partial charge is 0.454 e. The predicted molar refractivity (Wildman–Crippen MR) is 103 cm³/mol. The maximum atomic E-state index is 12.4. The number of fused-ring (bicyclic) bond motifs is 1. The number of esters is 1. The summed E-state index contributed by atoms with van der Waals surface area (Å²) in [5.41, 5.74) is 0.984. The smallest absolute Gasteiger partial charge is 0.314 e. The Morgan fingerprint density at radius 3 is 2.54 bits per heavy atom. The highest BCUT2D eigenvalue weighted by Crippen LogP contribution is 2.35. The molecule has 0 spiro atoms. The van der Waals surface area contributed by atoms with Gasteiger partial charge in [0.05, 0.1) is 5.92 Å². The number of benzene rings is 2. The molecule has 0 unspecified atom stereocenters. The Kier molecular flexibility index (Phi) is 5.28. The molecule has 144 valence electrons. The molecule has 28 heavy (non-hydrogen) atoms. The second-order valence-electron chi connectivity index (χ2n) is 6.78. The number of nitrogens with zero attached hydrogens (tertiary/aromatic N) is 1. The van der Waals surface area contributed by atoms with Crippen molar-refractivity contribution in [3.63, 3.8) is 0 Å². The highest BCUT2D eigenvalue weighted by atomic mass is 16.7. The van der Waals surface area contributed by atoms with Crippen molar-refractivity contribution >= 4 is 18.0 Å². The summed E-state index contributed by atoms with van der Waals surface area (Å²) in [7, 11) is 0. The Hall–Kier alpha value is -3.28. The van der Waals surface area contributed by atoms with Crippen molar-refractivity contribution < 1.29 is 23.8 Å². The molecule has 2 aromatic rings. The van der Waals surface area contributed by atoms with Crippen LogP contribution in [0.5, 0.6) is 17.2 Å². The van der Waals surface area contributed by atoms with Gasteiger partial charge in [-0.05, 0) is 36.6 Å². The fourth-order valence-corrected chi connectivity index (χ4v) is 3.31. The highest BCUT2D eigenvalue weighted by molar-refractivity contribution is 5.92. The predicted octanol–water partition coefficient (Wildman–Crippen LogP) is 3.27. The molecule has 1 fully saturated rings. The van der Waals surface area contributed by atoms with Crippen LogP contribution in [0.3, 0.4) is 0 Å². The van der Waals surface area contributed by atoms with Crippen molar-refractivity contribution in [2.75, 3.05) is 19.9 Å². The number of carbonyl (C=O) groups is 2. The standard InChI is InChI=1S/C22H21NO5/c24-21(9-6-16-4-2-1-3-5-16)23-12-10-17(11-13-23)22(25)28-18-7-8-19-20(14-18)27-15-26-19/h1-9,14,17H,10-13,15H2/b9-6+. The number of hydrogen-bond acceptors (Lipinski definition) is 5. The molecule has 0 saturated carbocycles. The van der Waals surface area contributed by atoms with E-state index < -0.39 is 0 Å². The van der Waals surface area contributed by atoms with Crippen LogP contribution < -0.4 is 14.2 Å². The third kappa shape index (κ3) is 4.17. The summed E-state index contributed by atoms with van der Waals surface area (Å²) < 4.78 is 16.0. The number of piperidine rings is 1. The molecule has 2 aliphatic heterocycles. The van der Waals surface area contributed by atoms with Gasteiger partial charge in [-0.25, -0.2) is 0 Å². The third-order valence-electron chi connectivity index (χ3n) is 4.92. The molecule has 2 aliphatic rings. The number of ether oxygens (including phenoxy) is 3. The average Bonchev–Trinajstić information content (AvgIpc) is 3.21. The van der Waals surface area contributed by atoms with Crippen LogP contribution in [0, 0.1) is 5.92 Å². The summed E-state index contributed by atoms with van der Waals surface area (Å²) in [6, 6.07) is 14.8. The molecule has 0 atom stereocenters. The molecule has 0 aromatic heterocycles. The minimum atomic E-state index is -0.272. The number of carbonyl (C=O) groups excluding carboxylic acids is 2. The van der Waals surface area contributed by atoms with E-state index in [9.17, 15) is 9.59 Å². The van der Waals surface area contributed by atoms with Crippen molar-refractivity contribution in [3.8, 4) is 17.2 Å². The van der Waals surface area contributed by atoms with Crippen LogP contribution in [-0.2, 0) is 9.59 Å². The minimum Gasteiger partial charge on any atom is -0.454 e. The fraction of sp³-hybridized carbons (Fsp3) is 0.273. The Bertz CT molecular complexity index is 885. The SMILES string of the molecule is O=C(Oc1ccc2c(c1)OCO2)C1CCN(C(=O)/C=C/c2ccccc2)CC1. The van der Waals surface area contributed by atoms with Gasteiger partial charge in [-0.15, -0.1) is 0 Å². The van der Waals surface area contributed by atoms with Crippen molar-refractivity contribution in [2.45, 2.75) is 12.8 Å². The van der Waals surface area contributed by atoms with E-state index in [1.807, 2.05) is 36.4 Å². The third-order valence-corrected chi connectivity index (χ3v) is 4.92. The lowest BCUT2D eigenvalue weighted by Crippen LogP contribution is -2.40. The molecule has 0 radical (unpaired) electrons. The summed E-state index contributed by atoms with van der Waals surface area (Å²) in [6.45, 7) is 1.26. The van der Waals surface area contributed by atoms with E-state index in [0.29, 0.717) is 43.2 Å². The van der Waals surface area contributed by atoms with Gasteiger partial charge in [0, 0.05) is 25.2 Å². The van der Waals surface area contributed by atoms with Gasteiger partial charge in [0.2, 0.25) is 12.7 Å². The first-order valence-electron chi connectivity index (χ1n) is 9.32. The molecule has 4 rings (SSSR count). The van der Waals surface area contributed by atoms with Crippen LogP contribution in [-0.4, -0.2) is 36.7 Å². The summed E-state index contributed by atoms with van der Waals surface area (Å²) in [6.07, 6.45) is 4.57. The first-order chi connectivity index (χ1) is 13.7. The normalized spacial score (nSPS) is 16.4. The Morgan fingerprint density at radius 2 is 1.75 bits per heavy atom. The van der Waals surface area contributed by atoms with Gasteiger partial charge in [-0.2, -0.15) is 0 Å². The highest BCUT2D eigenvalue weighted by Gasteiger charge is 2.28. The lowest BCUT2D eigenvalue weighted by molar-refractivity contribution is -0.142. The van der Waals surface area contributed by atoms with Crippen LogP contribution in [0.1, 0.15) is 18.4 Å². The monoisotopic (exact) mass is 379 g/mol. The Balaban J connectivity index is 1.28. The lowest BCUT2D eigenvalue weighted by atomic mass is 9.97. The van der Waals surface area contributed by atoms with Crippen LogP contribution in [0.4, 0.5) is 0 Å². The van der Waals surface area contributed by atoms with Crippen LogP contribution in [0.25, 0.3) is 6.08 Å². The minimum absolute atomic E-state index is 0.0357. The molecule has 0 N–H and O–H groups in total. The van der Waals surface area contributed by atoms with Crippen LogP contribution in [0.15, 0.2) is 54.6 Å². The van der Waals surface area contributed by atoms with Gasteiger partial charge >= 0.3 is 5.97 Å². The number of hydrogen-bond donors (Lipinski definition) is 0. The molecule has 6 heteroatoms. The molecule has 0 aliphatic carbocycles. The maximum absolute atomic E-state index is 12.4. The molecule has 6 nitrogen and oxygen atoms in total. The maximum Gasteiger partial charge on any atom is 0.314 e. The van der Waals surface area contributed by atoms with E-state index >= 15 is 0 Å². The summed E-state index contributed by atoms with van der Waals surface area (Å²) in [5.74, 6) is 1.15. The molecule has 2 heterocycles. The van der Waals surface area contributed by atoms with Crippen molar-refractivity contribution in [1.29, 1.82) is 0 Å². The van der Waals surface area contributed by atoms with Gasteiger partial charge < -0.3 is 19.1 Å². The van der Waals surface area contributed by atoms with Crippen molar-refractivity contribution in [1.82, 2.24) is 4.90 Å². The topological polar surface area (TPSA) is 65.1 Å². The Morgan fingerprint density at radius 1 is 1.00 bits per heavy atom. The van der Waals surface area contributed by atoms with Gasteiger partial charge in [-0.3, -0.25) is 9.59 Å². The number of rotatable bonds is 4. The molecular formula is C22H21NO5. The first kappa shape index (κ1) is 18.1. The first-order valence-corrected chi connectivity index (χ1v) is 9.32. The molecule has 0 bridgehead atoms. The molecule has 2 aromatic carbocycles. The van der Waals surface area contributed by atoms with Crippen molar-refractivity contribution in [2.24, 2.45) is 5.92 Å². The van der Waals surface area contributed by atoms with E-state index in [0.717, 1.165) is 5.56 Å². The summed E-state index contributed by atoms with van der Waals surface area (Å²) in [5, 5.41) is 0. The number of amides is 1. The molecule has 1 saturated heterocycles. The van der Waals surface area contributed by atoms with Gasteiger partial charge in [0.25, 0.3) is 0 Å². The zero-order chi connectivity index (χ0) is 19.3. The summed E-state index contributed by atoms with van der Waals surface area (Å²) in [4.78, 5) is 26.6. The fourth-order valence-electron chi connectivity index (χ4n) is 3.31. The van der Waals surface area contributed by atoms with E-state index in [4.69, 9.17) is 14.2 Å². The molecular weight excluding hydrogens is 358 g/mol. The lowest BCUT2D eigenvalue weighted by Gasteiger charge is -2.30. The second kappa shape index (κ2) is 8.17. The average molecular weight is 379 g/mol. The zero-order valence-corrected chi connectivity index (χ0v) is 15.4. The van der Waals surface area contributed by atoms with Gasteiger partial charge in [-0.1, -0.05) is 30.3 Å². The van der Waals surface area contributed by atoms with E-state index in [-0.39, 0.29) is 24.6 Å². The van der Waals surface area contributed by atoms with Crippen molar-refractivity contribution in [3.05, 3.63) is 60.2 Å². The van der Waals surface area contributed by atoms with Crippen LogP contribution >= 0.6 is 0 Å². The van der Waals surface area contributed by atoms with E-state index in [1.165, 1.54) is 0 Å². The van der Waals surface area contributed by atoms with E-state index in [1.54, 1.807) is 29.2 Å². The van der Waals surface area contributed by atoms with E-state index in [2.05, 4.69) is 0 Å². The molecule has 1 amide bonds. The summed E-state index contributed by atoms with van der Waals surface area (Å²) >= 11 is 0. The quantitative estimate of drug-likeness (QED) is 0.463. The Labute approximate surface area is 163 Å². The zero-order valence-electron chi connectivity index (χ0n) is 15.4. The number of likely N-dealkylation sites (tertiary alicyclic amines) is 1. The van der Waals surface area contributed by atoms with Crippen LogP contribution in [0.2, 0.25) is 0 Å². The second-order valence-corrected chi connectivity index (χ2v) is 6.78.